The van der Waals surface area contributed by atoms with Crippen molar-refractivity contribution in [3.63, 3.8) is 0 Å². The van der Waals surface area contributed by atoms with Gasteiger partial charge in [-0.25, -0.2) is 9.59 Å². The highest BCUT2D eigenvalue weighted by Crippen LogP contribution is 2.23. The number of carboxylic acid groups (broad SMARTS) is 1. The monoisotopic (exact) mass is 388 g/mol. The van der Waals surface area contributed by atoms with E-state index >= 15 is 0 Å². The number of aromatic nitrogens is 2. The van der Waals surface area contributed by atoms with Gasteiger partial charge in [0, 0.05) is 13.0 Å². The summed E-state index contributed by atoms with van der Waals surface area (Å²) < 4.78 is 5.12. The van der Waals surface area contributed by atoms with Crippen LogP contribution in [0.5, 0.6) is 0 Å². The van der Waals surface area contributed by atoms with Gasteiger partial charge >= 0.3 is 12.0 Å². The normalized spacial score (nSPS) is 24.0. The molecule has 1 aliphatic rings. The molecule has 1 saturated heterocycles. The Bertz CT molecular complexity index is 652. The number of hydrogen-bond donors (Lipinski definition) is 8. The lowest BCUT2D eigenvalue weighted by atomic mass is 10.1. The summed E-state index contributed by atoms with van der Waals surface area (Å²) in [6, 6.07) is -3.78. The Hall–Kier alpha value is -2.32. The molecule has 13 heteroatoms. The number of aliphatic carboxylic acids is 1. The van der Waals surface area contributed by atoms with Crippen molar-refractivity contribution in [1.82, 2.24) is 26.1 Å². The molecule has 2 amide bonds. The largest absolute Gasteiger partial charge is 0.480 e. The third-order valence-corrected chi connectivity index (χ3v) is 3.99. The number of hydrogen-bond acceptors (Lipinski definition) is 10. The standard InChI is InChI=1S/C14H24N6O7/c1-5(21)10(13(24)25)18-14(26)17-8(3-9(15)23)12-19-11(20-27-12)7-2-6(22)4-16-7/h5-10,16,21-23H,2-4,15H2,1H3,(H,24,25)(H2,17,18,26)/t5?,6-,7+,8+,9?,10+/m1/s1. The SMILES string of the molecule is CC(O)[C@H](NC(=O)N[C@@H](CC(N)O)c1nc([C@@H]2C[C@@H](O)CN2)no1)C(=O)O. The Balaban J connectivity index is 2.07. The van der Waals surface area contributed by atoms with Crippen LogP contribution in [-0.2, 0) is 4.79 Å². The van der Waals surface area contributed by atoms with E-state index in [1.165, 1.54) is 6.92 Å². The minimum atomic E-state index is -1.53. The Morgan fingerprint density at radius 3 is 2.63 bits per heavy atom. The van der Waals surface area contributed by atoms with Gasteiger partial charge in [-0.3, -0.25) is 0 Å². The summed E-state index contributed by atoms with van der Waals surface area (Å²) >= 11 is 0. The minimum absolute atomic E-state index is 0.0447. The Kier molecular flexibility index (Phi) is 7.04. The van der Waals surface area contributed by atoms with Crippen LogP contribution in [0.2, 0.25) is 0 Å². The van der Waals surface area contributed by atoms with Gasteiger partial charge in [0.15, 0.2) is 11.9 Å². The molecule has 152 valence electrons. The third-order valence-electron chi connectivity index (χ3n) is 3.99. The van der Waals surface area contributed by atoms with Crippen molar-refractivity contribution in [2.45, 2.75) is 56.3 Å². The topological polar surface area (TPSA) is 216 Å². The van der Waals surface area contributed by atoms with Gasteiger partial charge in [-0.05, 0) is 13.3 Å². The van der Waals surface area contributed by atoms with Gasteiger partial charge in [0.05, 0.1) is 18.2 Å². The summed E-state index contributed by atoms with van der Waals surface area (Å²) in [5.74, 6) is -1.19. The molecular weight excluding hydrogens is 364 g/mol. The van der Waals surface area contributed by atoms with Crippen molar-refractivity contribution in [3.8, 4) is 0 Å². The number of nitrogens with zero attached hydrogens (tertiary/aromatic N) is 2. The van der Waals surface area contributed by atoms with Crippen LogP contribution in [0.3, 0.4) is 0 Å². The molecule has 1 aromatic rings. The van der Waals surface area contributed by atoms with E-state index < -0.39 is 42.5 Å². The summed E-state index contributed by atoms with van der Waals surface area (Å²) in [6.07, 6.45) is -2.96. The summed E-state index contributed by atoms with van der Waals surface area (Å²) in [5.41, 5.74) is 5.37. The number of nitrogens with one attached hydrogen (secondary N) is 3. The van der Waals surface area contributed by atoms with Gasteiger partial charge in [-0.15, -0.1) is 0 Å². The molecule has 9 N–H and O–H groups in total. The number of rotatable bonds is 8. The second-order valence-corrected chi connectivity index (χ2v) is 6.37. The maximum Gasteiger partial charge on any atom is 0.328 e. The van der Waals surface area contributed by atoms with Crippen LogP contribution in [0, 0.1) is 0 Å². The molecule has 1 fully saturated rings. The van der Waals surface area contributed by atoms with E-state index in [0.29, 0.717) is 13.0 Å². The van der Waals surface area contributed by atoms with E-state index in [2.05, 4.69) is 26.1 Å². The smallest absolute Gasteiger partial charge is 0.328 e. The van der Waals surface area contributed by atoms with Crippen LogP contribution in [0.15, 0.2) is 4.52 Å². The van der Waals surface area contributed by atoms with E-state index in [1.54, 1.807) is 0 Å². The molecule has 0 aromatic carbocycles. The van der Waals surface area contributed by atoms with Crippen molar-refractivity contribution >= 4 is 12.0 Å². The molecule has 2 unspecified atom stereocenters. The second-order valence-electron chi connectivity index (χ2n) is 6.37. The number of carboxylic acids is 1. The van der Waals surface area contributed by atoms with Gasteiger partial charge in [0.25, 0.3) is 0 Å². The molecule has 0 bridgehead atoms. The van der Waals surface area contributed by atoms with E-state index in [1.807, 2.05) is 0 Å². The number of aliphatic hydroxyl groups is 3. The summed E-state index contributed by atoms with van der Waals surface area (Å²) in [4.78, 5) is 27.3. The summed E-state index contributed by atoms with van der Waals surface area (Å²) in [5, 5.41) is 48.7. The number of β-amino-alcohol motifs (C(OH)–C–C–N with tert-alkyl or cyclic N) is 1. The predicted octanol–water partition coefficient (Wildman–Crippen LogP) is -2.69. The van der Waals surface area contributed by atoms with Crippen LogP contribution in [0.4, 0.5) is 4.79 Å². The average Bonchev–Trinajstić information content (AvgIpc) is 3.19. The lowest BCUT2D eigenvalue weighted by molar-refractivity contribution is -0.141. The zero-order chi connectivity index (χ0) is 20.1. The van der Waals surface area contributed by atoms with Crippen molar-refractivity contribution < 1.29 is 34.5 Å². The summed E-state index contributed by atoms with van der Waals surface area (Å²) in [7, 11) is 0. The van der Waals surface area contributed by atoms with Crippen LogP contribution >= 0.6 is 0 Å². The molecule has 13 nitrogen and oxygen atoms in total. The highest BCUT2D eigenvalue weighted by atomic mass is 16.5. The molecule has 2 rings (SSSR count). The van der Waals surface area contributed by atoms with Crippen LogP contribution in [-0.4, -0.2) is 73.6 Å². The number of aliphatic hydroxyl groups excluding tert-OH is 3. The molecule has 1 aromatic heterocycles. The molecular formula is C14H24N6O7. The Labute approximate surface area is 153 Å². The number of urea groups is 1. The maximum absolute atomic E-state index is 12.1. The maximum atomic E-state index is 12.1. The van der Waals surface area contributed by atoms with Gasteiger partial charge in [0.2, 0.25) is 5.89 Å². The molecule has 0 radical (unpaired) electrons. The van der Waals surface area contributed by atoms with Crippen molar-refractivity contribution in [2.24, 2.45) is 5.73 Å². The van der Waals surface area contributed by atoms with Gasteiger partial charge in [0.1, 0.15) is 12.3 Å². The highest BCUT2D eigenvalue weighted by Gasteiger charge is 2.31. The molecule has 1 aliphatic heterocycles. The van der Waals surface area contributed by atoms with E-state index in [-0.39, 0.29) is 24.2 Å². The lowest BCUT2D eigenvalue weighted by Gasteiger charge is -2.21. The van der Waals surface area contributed by atoms with Crippen molar-refractivity contribution in [3.05, 3.63) is 11.7 Å². The van der Waals surface area contributed by atoms with Crippen LogP contribution in [0.25, 0.3) is 0 Å². The Morgan fingerprint density at radius 1 is 1.41 bits per heavy atom. The van der Waals surface area contributed by atoms with Crippen molar-refractivity contribution in [1.29, 1.82) is 0 Å². The van der Waals surface area contributed by atoms with E-state index in [9.17, 15) is 24.9 Å². The molecule has 6 atom stereocenters. The fraction of sp³-hybridized carbons (Fsp3) is 0.714. The fourth-order valence-electron chi connectivity index (χ4n) is 2.64. The van der Waals surface area contributed by atoms with Gasteiger partial charge < -0.3 is 46.6 Å². The molecule has 2 heterocycles. The van der Waals surface area contributed by atoms with Crippen LogP contribution in [0.1, 0.15) is 43.6 Å². The summed E-state index contributed by atoms with van der Waals surface area (Å²) in [6.45, 7) is 1.60. The van der Waals surface area contributed by atoms with E-state index in [4.69, 9.17) is 15.4 Å². The zero-order valence-corrected chi connectivity index (χ0v) is 14.6. The first-order valence-corrected chi connectivity index (χ1v) is 8.33. The predicted molar refractivity (Wildman–Crippen MR) is 88.0 cm³/mol. The number of carbonyl (C=O) groups is 2. The first kappa shape index (κ1) is 21.0. The van der Waals surface area contributed by atoms with E-state index in [0.717, 1.165) is 0 Å². The minimum Gasteiger partial charge on any atom is -0.480 e. The average molecular weight is 388 g/mol. The first-order valence-electron chi connectivity index (χ1n) is 8.33. The molecule has 0 spiro atoms. The highest BCUT2D eigenvalue weighted by molar-refractivity contribution is 5.83. The van der Waals surface area contributed by atoms with Gasteiger partial charge in [-0.1, -0.05) is 5.16 Å². The zero-order valence-electron chi connectivity index (χ0n) is 14.6. The third kappa shape index (κ3) is 5.83. The quantitative estimate of drug-likeness (QED) is 0.214. The second kappa shape index (κ2) is 9.05. The number of nitrogens with two attached hydrogens (primary N) is 1. The number of amides is 2. The fourth-order valence-corrected chi connectivity index (χ4v) is 2.64. The molecule has 0 aliphatic carbocycles. The number of carbonyl (C=O) groups excluding carboxylic acids is 1. The first-order chi connectivity index (χ1) is 12.7. The Morgan fingerprint density at radius 2 is 2.11 bits per heavy atom. The molecule has 27 heavy (non-hydrogen) atoms. The van der Waals surface area contributed by atoms with Crippen LogP contribution < -0.4 is 21.7 Å². The van der Waals surface area contributed by atoms with Crippen molar-refractivity contribution in [2.75, 3.05) is 6.54 Å². The van der Waals surface area contributed by atoms with Gasteiger partial charge in [-0.2, -0.15) is 4.98 Å². The molecule has 0 saturated carbocycles. The lowest BCUT2D eigenvalue weighted by Crippen LogP contribution is -2.52.